The molecule has 29 heavy (non-hydrogen) atoms. The zero-order valence-corrected chi connectivity index (χ0v) is 17.7. The van der Waals surface area contributed by atoms with Crippen LogP contribution in [0.1, 0.15) is 51.0 Å². The number of phenolic OH excluding ortho intramolecular Hbond substituents is 1. The van der Waals surface area contributed by atoms with Crippen LogP contribution in [0.15, 0.2) is 53.6 Å². The Morgan fingerprint density at radius 1 is 1.14 bits per heavy atom. The minimum Gasteiger partial charge on any atom is -0.508 e. The van der Waals surface area contributed by atoms with Crippen molar-refractivity contribution >= 4 is 5.57 Å². The van der Waals surface area contributed by atoms with Gasteiger partial charge in [0.15, 0.2) is 0 Å². The first-order valence-corrected chi connectivity index (χ1v) is 11.0. The lowest BCUT2D eigenvalue weighted by Crippen LogP contribution is -2.21. The third kappa shape index (κ3) is 5.81. The van der Waals surface area contributed by atoms with Crippen LogP contribution in [0.2, 0.25) is 0 Å². The summed E-state index contributed by atoms with van der Waals surface area (Å²) in [4.78, 5) is 0. The van der Waals surface area contributed by atoms with E-state index in [2.05, 4.69) is 30.5 Å². The van der Waals surface area contributed by atoms with E-state index in [4.69, 9.17) is 4.74 Å². The molecule has 2 aliphatic rings. The average Bonchev–Trinajstić information content (AvgIpc) is 2.75. The van der Waals surface area contributed by atoms with E-state index in [1.54, 1.807) is 12.1 Å². The van der Waals surface area contributed by atoms with Crippen molar-refractivity contribution in [3.8, 4) is 5.75 Å². The molecule has 0 saturated heterocycles. The van der Waals surface area contributed by atoms with Crippen LogP contribution >= 0.6 is 0 Å². The zero-order chi connectivity index (χ0) is 20.6. The summed E-state index contributed by atoms with van der Waals surface area (Å²) in [5, 5.41) is 22.8. The second-order valence-electron chi connectivity index (χ2n) is 8.07. The summed E-state index contributed by atoms with van der Waals surface area (Å²) in [7, 11) is 1.93. The highest BCUT2D eigenvalue weighted by Gasteiger charge is 2.25. The fraction of sp³-hybridized carbons (Fsp3) is 0.520. The van der Waals surface area contributed by atoms with Crippen molar-refractivity contribution in [3.63, 3.8) is 0 Å². The average molecular weight is 398 g/mol. The van der Waals surface area contributed by atoms with E-state index in [9.17, 15) is 10.2 Å². The third-order valence-corrected chi connectivity index (χ3v) is 6.08. The Kier molecular flexibility index (Phi) is 8.10. The lowest BCUT2D eigenvalue weighted by molar-refractivity contribution is 0.0893. The number of nitrogens with one attached hydrogen (secondary N) is 1. The summed E-state index contributed by atoms with van der Waals surface area (Å²) < 4.78 is 5.92. The minimum absolute atomic E-state index is 0.128. The lowest BCUT2D eigenvalue weighted by atomic mass is 9.76. The number of aliphatic hydroxyl groups is 1. The molecule has 0 spiro atoms. The summed E-state index contributed by atoms with van der Waals surface area (Å²) in [6, 6.07) is 7.57. The molecule has 4 heteroatoms. The van der Waals surface area contributed by atoms with Crippen LogP contribution in [0.4, 0.5) is 0 Å². The first-order valence-electron chi connectivity index (χ1n) is 11.0. The molecule has 1 unspecified atom stereocenters. The maximum absolute atomic E-state index is 9.95. The number of rotatable bonds is 8. The molecule has 1 fully saturated rings. The van der Waals surface area contributed by atoms with Crippen molar-refractivity contribution in [3.05, 3.63) is 59.2 Å². The molecule has 0 amide bonds. The summed E-state index contributed by atoms with van der Waals surface area (Å²) in [6.07, 6.45) is 12.3. The van der Waals surface area contributed by atoms with Gasteiger partial charge in [-0.15, -0.1) is 0 Å². The van der Waals surface area contributed by atoms with E-state index in [1.165, 1.54) is 16.7 Å². The number of allylic oxidation sites excluding steroid dienone is 4. The van der Waals surface area contributed by atoms with Gasteiger partial charge in [0.1, 0.15) is 5.75 Å². The van der Waals surface area contributed by atoms with Gasteiger partial charge in [0.05, 0.1) is 18.8 Å². The molecule has 0 bridgehead atoms. The van der Waals surface area contributed by atoms with E-state index >= 15 is 0 Å². The van der Waals surface area contributed by atoms with Crippen molar-refractivity contribution < 1.29 is 14.9 Å². The van der Waals surface area contributed by atoms with E-state index in [0.29, 0.717) is 12.5 Å². The highest BCUT2D eigenvalue weighted by Crippen LogP contribution is 2.40. The second-order valence-corrected chi connectivity index (χ2v) is 8.07. The van der Waals surface area contributed by atoms with Gasteiger partial charge in [-0.1, -0.05) is 42.9 Å². The van der Waals surface area contributed by atoms with Crippen LogP contribution in [0.5, 0.6) is 5.75 Å². The summed E-state index contributed by atoms with van der Waals surface area (Å²) in [5.41, 5.74) is 5.15. The summed E-state index contributed by atoms with van der Waals surface area (Å²) in [6.45, 7) is 3.80. The molecule has 0 aliphatic heterocycles. The quantitative estimate of drug-likeness (QED) is 0.561. The molecular weight excluding hydrogens is 362 g/mol. The Morgan fingerprint density at radius 3 is 2.45 bits per heavy atom. The number of likely N-dealkylation sites (N-methyl/N-ethyl adjacent to an activating group) is 1. The Labute approximate surface area is 175 Å². The number of hydrogen-bond acceptors (Lipinski definition) is 4. The zero-order valence-electron chi connectivity index (χ0n) is 17.7. The Hall–Kier alpha value is -1.88. The molecule has 0 aromatic heterocycles. The smallest absolute Gasteiger partial charge is 0.115 e. The summed E-state index contributed by atoms with van der Waals surface area (Å²) >= 11 is 0. The number of aliphatic hydroxyl groups excluding tert-OH is 1. The SMILES string of the molecule is CC/C(=C(/C1=CCC(OCCNC)C=C1)c1ccc(O)cc1)C1CCC(O)CC1. The van der Waals surface area contributed by atoms with Crippen LogP contribution in [-0.4, -0.2) is 42.6 Å². The Morgan fingerprint density at radius 2 is 1.86 bits per heavy atom. The number of ether oxygens (including phenoxy) is 1. The van der Waals surface area contributed by atoms with Gasteiger partial charge in [-0.2, -0.15) is 0 Å². The molecular formula is C25H35NO3. The maximum Gasteiger partial charge on any atom is 0.115 e. The molecule has 4 nitrogen and oxygen atoms in total. The molecule has 158 valence electrons. The van der Waals surface area contributed by atoms with Gasteiger partial charge in [-0.05, 0) is 80.3 Å². The van der Waals surface area contributed by atoms with Gasteiger partial charge in [0.2, 0.25) is 0 Å². The largest absolute Gasteiger partial charge is 0.508 e. The van der Waals surface area contributed by atoms with Gasteiger partial charge in [0, 0.05) is 6.54 Å². The number of phenols is 1. The number of hydrogen-bond donors (Lipinski definition) is 3. The monoisotopic (exact) mass is 397 g/mol. The topological polar surface area (TPSA) is 61.7 Å². The van der Waals surface area contributed by atoms with Crippen molar-refractivity contribution in [1.82, 2.24) is 5.32 Å². The number of benzene rings is 1. The van der Waals surface area contributed by atoms with Crippen molar-refractivity contribution in [2.75, 3.05) is 20.2 Å². The Balaban J connectivity index is 1.90. The first kappa shape index (κ1) is 21.8. The van der Waals surface area contributed by atoms with Crippen LogP contribution in [0.3, 0.4) is 0 Å². The molecule has 2 aliphatic carbocycles. The molecule has 0 radical (unpaired) electrons. The standard InChI is InChI=1S/C25H35NO3/c1-3-24(18-4-10-21(27)11-5-18)25(19-6-12-22(28)13-7-19)20-8-14-23(15-9-20)29-17-16-26-2/h6-9,12-14,18,21,23,26-28H,3-5,10-11,15-17H2,1-2H3/b25-24-. The second kappa shape index (κ2) is 10.8. The molecule has 3 rings (SSSR count). The molecule has 1 aromatic rings. The molecule has 0 heterocycles. The van der Waals surface area contributed by atoms with Crippen LogP contribution in [-0.2, 0) is 4.74 Å². The van der Waals surface area contributed by atoms with E-state index in [-0.39, 0.29) is 18.0 Å². The van der Waals surface area contributed by atoms with E-state index in [0.717, 1.165) is 50.6 Å². The van der Waals surface area contributed by atoms with Crippen molar-refractivity contribution in [2.24, 2.45) is 5.92 Å². The lowest BCUT2D eigenvalue weighted by Gasteiger charge is -2.30. The normalized spacial score (nSPS) is 25.5. The highest BCUT2D eigenvalue weighted by atomic mass is 16.5. The predicted molar refractivity (Wildman–Crippen MR) is 119 cm³/mol. The highest BCUT2D eigenvalue weighted by molar-refractivity contribution is 5.84. The van der Waals surface area contributed by atoms with Crippen LogP contribution in [0, 0.1) is 5.92 Å². The minimum atomic E-state index is -0.147. The van der Waals surface area contributed by atoms with Crippen molar-refractivity contribution in [1.29, 1.82) is 0 Å². The molecule has 1 aromatic carbocycles. The van der Waals surface area contributed by atoms with Gasteiger partial charge in [-0.3, -0.25) is 0 Å². The van der Waals surface area contributed by atoms with Gasteiger partial charge in [-0.25, -0.2) is 0 Å². The van der Waals surface area contributed by atoms with E-state index in [1.807, 2.05) is 19.2 Å². The third-order valence-electron chi connectivity index (χ3n) is 6.08. The number of aromatic hydroxyl groups is 1. The summed E-state index contributed by atoms with van der Waals surface area (Å²) in [5.74, 6) is 0.796. The first-order chi connectivity index (χ1) is 14.1. The molecule has 1 atom stereocenters. The maximum atomic E-state index is 9.95. The molecule has 1 saturated carbocycles. The van der Waals surface area contributed by atoms with Crippen molar-refractivity contribution in [2.45, 2.75) is 57.7 Å². The van der Waals surface area contributed by atoms with Gasteiger partial charge < -0.3 is 20.3 Å². The van der Waals surface area contributed by atoms with Gasteiger partial charge >= 0.3 is 0 Å². The van der Waals surface area contributed by atoms with Crippen LogP contribution in [0.25, 0.3) is 5.57 Å². The molecule has 3 N–H and O–H groups in total. The fourth-order valence-electron chi connectivity index (χ4n) is 4.48. The Bertz CT molecular complexity index is 740. The fourth-order valence-corrected chi connectivity index (χ4v) is 4.48. The predicted octanol–water partition coefficient (Wildman–Crippen LogP) is 4.60. The van der Waals surface area contributed by atoms with Gasteiger partial charge in [0.25, 0.3) is 0 Å². The van der Waals surface area contributed by atoms with E-state index < -0.39 is 0 Å². The van der Waals surface area contributed by atoms with Crippen LogP contribution < -0.4 is 5.32 Å².